The summed E-state index contributed by atoms with van der Waals surface area (Å²) in [5.41, 5.74) is 0.943. The molecule has 0 amide bonds. The average Bonchev–Trinajstić information content (AvgIpc) is 2.38. The van der Waals surface area contributed by atoms with Crippen LogP contribution in [-0.2, 0) is 0 Å². The van der Waals surface area contributed by atoms with Crippen LogP contribution in [0.1, 0.15) is 45.1 Å². The van der Waals surface area contributed by atoms with E-state index < -0.39 is 0 Å². The highest BCUT2D eigenvalue weighted by Gasteiger charge is 2.30. The largest absolute Gasteiger partial charge is 0.355 e. The van der Waals surface area contributed by atoms with Gasteiger partial charge in [0.15, 0.2) is 0 Å². The molecule has 0 aromatic carbocycles. The van der Waals surface area contributed by atoms with Crippen molar-refractivity contribution in [3.63, 3.8) is 0 Å². The molecule has 1 aliphatic carbocycles. The Kier molecular flexibility index (Phi) is 4.01. The van der Waals surface area contributed by atoms with Crippen molar-refractivity contribution in [2.45, 2.75) is 45.6 Å². The molecule has 1 aromatic rings. The van der Waals surface area contributed by atoms with Crippen LogP contribution in [0.2, 0.25) is 5.02 Å². The van der Waals surface area contributed by atoms with Gasteiger partial charge in [-0.1, -0.05) is 25.4 Å². The number of hydrogen-bond acceptors (Lipinski definition) is 3. The van der Waals surface area contributed by atoms with Crippen molar-refractivity contribution in [1.82, 2.24) is 4.98 Å². The van der Waals surface area contributed by atoms with Gasteiger partial charge in [-0.2, -0.15) is 5.26 Å². The highest BCUT2D eigenvalue weighted by molar-refractivity contribution is 6.34. The van der Waals surface area contributed by atoms with Gasteiger partial charge < -0.3 is 4.90 Å². The quantitative estimate of drug-likeness (QED) is 0.820. The second-order valence-corrected chi connectivity index (χ2v) is 6.49. The first-order chi connectivity index (χ1) is 8.94. The lowest BCUT2D eigenvalue weighted by Gasteiger charge is -2.39. The molecule has 1 fully saturated rings. The molecule has 0 spiro atoms. The summed E-state index contributed by atoms with van der Waals surface area (Å²) in [5.74, 6) is 0.727. The maximum atomic E-state index is 9.02. The minimum absolute atomic E-state index is 0.447. The molecule has 4 heteroatoms. The van der Waals surface area contributed by atoms with E-state index in [-0.39, 0.29) is 0 Å². The fraction of sp³-hybridized carbons (Fsp3) is 0.600. The predicted octanol–water partition coefficient (Wildman–Crippen LogP) is 4.01. The zero-order valence-electron chi connectivity index (χ0n) is 11.8. The van der Waals surface area contributed by atoms with E-state index in [1.54, 1.807) is 12.3 Å². The zero-order chi connectivity index (χ0) is 14.0. The standard InChI is InChI=1S/C15H20ClN3/c1-15(2)7-4-12(5-8-15)19(3)14-13(16)11(10-17)6-9-18-14/h6,9,12H,4-5,7-8H2,1-3H3. The number of halogens is 1. The van der Waals surface area contributed by atoms with Gasteiger partial charge in [0.2, 0.25) is 0 Å². The second kappa shape index (κ2) is 5.38. The van der Waals surface area contributed by atoms with E-state index in [0.29, 0.717) is 22.0 Å². The number of aromatic nitrogens is 1. The van der Waals surface area contributed by atoms with Crippen LogP contribution < -0.4 is 4.90 Å². The first-order valence-corrected chi connectivity index (χ1v) is 7.10. The molecule has 19 heavy (non-hydrogen) atoms. The Morgan fingerprint density at radius 2 is 2.05 bits per heavy atom. The molecule has 0 aliphatic heterocycles. The molecule has 3 nitrogen and oxygen atoms in total. The van der Waals surface area contributed by atoms with Gasteiger partial charge in [0.05, 0.1) is 5.56 Å². The van der Waals surface area contributed by atoms with E-state index in [1.165, 1.54) is 12.8 Å². The Labute approximate surface area is 120 Å². The smallest absolute Gasteiger partial charge is 0.148 e. The van der Waals surface area contributed by atoms with Crippen molar-refractivity contribution >= 4 is 17.4 Å². The summed E-state index contributed by atoms with van der Waals surface area (Å²) in [5, 5.41) is 9.49. The van der Waals surface area contributed by atoms with Crippen LogP contribution in [-0.4, -0.2) is 18.1 Å². The van der Waals surface area contributed by atoms with Crippen LogP contribution in [0.3, 0.4) is 0 Å². The molecule has 1 saturated carbocycles. The lowest BCUT2D eigenvalue weighted by atomic mass is 9.75. The minimum Gasteiger partial charge on any atom is -0.355 e. The zero-order valence-corrected chi connectivity index (χ0v) is 12.5. The van der Waals surface area contributed by atoms with Gasteiger partial charge in [-0.15, -0.1) is 0 Å². The topological polar surface area (TPSA) is 39.9 Å². The van der Waals surface area contributed by atoms with Crippen molar-refractivity contribution in [2.75, 3.05) is 11.9 Å². The lowest BCUT2D eigenvalue weighted by Crippen LogP contribution is -2.37. The van der Waals surface area contributed by atoms with Gasteiger partial charge in [-0.05, 0) is 37.2 Å². The van der Waals surface area contributed by atoms with E-state index in [1.807, 2.05) is 7.05 Å². The Morgan fingerprint density at radius 1 is 1.42 bits per heavy atom. The molecule has 2 rings (SSSR count). The van der Waals surface area contributed by atoms with Crippen LogP contribution >= 0.6 is 11.6 Å². The van der Waals surface area contributed by atoms with E-state index in [9.17, 15) is 0 Å². The Bertz CT molecular complexity index is 495. The third kappa shape index (κ3) is 3.01. The van der Waals surface area contributed by atoms with E-state index >= 15 is 0 Å². The Morgan fingerprint density at radius 3 is 2.63 bits per heavy atom. The molecule has 0 atom stereocenters. The van der Waals surface area contributed by atoms with Crippen LogP contribution in [0, 0.1) is 16.7 Å². The van der Waals surface area contributed by atoms with Gasteiger partial charge in [0.1, 0.15) is 16.9 Å². The molecule has 0 saturated heterocycles. The van der Waals surface area contributed by atoms with Crippen LogP contribution in [0.15, 0.2) is 12.3 Å². The summed E-state index contributed by atoms with van der Waals surface area (Å²) < 4.78 is 0. The number of anilines is 1. The first-order valence-electron chi connectivity index (χ1n) is 6.72. The summed E-state index contributed by atoms with van der Waals surface area (Å²) in [4.78, 5) is 6.48. The maximum absolute atomic E-state index is 9.02. The summed E-state index contributed by atoms with van der Waals surface area (Å²) in [6.45, 7) is 4.65. The molecular weight excluding hydrogens is 258 g/mol. The summed E-state index contributed by atoms with van der Waals surface area (Å²) in [6, 6.07) is 4.23. The second-order valence-electron chi connectivity index (χ2n) is 6.11. The normalized spacial score (nSPS) is 18.9. The molecule has 0 bridgehead atoms. The number of nitrogens with zero attached hydrogens (tertiary/aromatic N) is 3. The Hall–Kier alpha value is -1.27. The molecule has 1 aromatic heterocycles. The summed E-state index contributed by atoms with van der Waals surface area (Å²) in [7, 11) is 2.03. The molecular formula is C15H20ClN3. The molecule has 0 N–H and O–H groups in total. The summed E-state index contributed by atoms with van der Waals surface area (Å²) in [6.07, 6.45) is 6.40. The van der Waals surface area contributed by atoms with Crippen molar-refractivity contribution in [1.29, 1.82) is 5.26 Å². The van der Waals surface area contributed by atoms with E-state index in [4.69, 9.17) is 16.9 Å². The molecule has 1 heterocycles. The minimum atomic E-state index is 0.447. The summed E-state index contributed by atoms with van der Waals surface area (Å²) >= 11 is 6.25. The first kappa shape index (κ1) is 14.1. The molecule has 102 valence electrons. The highest BCUT2D eigenvalue weighted by atomic mass is 35.5. The number of nitriles is 1. The van der Waals surface area contributed by atoms with Gasteiger partial charge in [0, 0.05) is 19.3 Å². The van der Waals surface area contributed by atoms with Crippen molar-refractivity contribution in [3.8, 4) is 6.07 Å². The number of hydrogen-bond donors (Lipinski definition) is 0. The third-order valence-corrected chi connectivity index (χ3v) is 4.55. The van der Waals surface area contributed by atoms with Crippen molar-refractivity contribution in [2.24, 2.45) is 5.41 Å². The fourth-order valence-electron chi connectivity index (χ4n) is 2.71. The molecule has 0 radical (unpaired) electrons. The van der Waals surface area contributed by atoms with Crippen LogP contribution in [0.5, 0.6) is 0 Å². The number of pyridine rings is 1. The Balaban J connectivity index is 2.17. The number of rotatable bonds is 2. The average molecular weight is 278 g/mol. The van der Waals surface area contributed by atoms with Crippen molar-refractivity contribution < 1.29 is 0 Å². The maximum Gasteiger partial charge on any atom is 0.148 e. The SMILES string of the molecule is CN(c1nccc(C#N)c1Cl)C1CCC(C)(C)CC1. The van der Waals surface area contributed by atoms with Crippen LogP contribution in [0.4, 0.5) is 5.82 Å². The fourth-order valence-corrected chi connectivity index (χ4v) is 3.00. The third-order valence-electron chi connectivity index (χ3n) is 4.18. The van der Waals surface area contributed by atoms with Gasteiger partial charge in [-0.25, -0.2) is 4.98 Å². The highest BCUT2D eigenvalue weighted by Crippen LogP contribution is 2.38. The lowest BCUT2D eigenvalue weighted by molar-refractivity contribution is 0.222. The van der Waals surface area contributed by atoms with Crippen molar-refractivity contribution in [3.05, 3.63) is 22.8 Å². The molecule has 0 unspecified atom stereocenters. The van der Waals surface area contributed by atoms with E-state index in [0.717, 1.165) is 18.7 Å². The van der Waals surface area contributed by atoms with Crippen LogP contribution in [0.25, 0.3) is 0 Å². The van der Waals surface area contributed by atoms with Gasteiger partial charge >= 0.3 is 0 Å². The molecule has 1 aliphatic rings. The van der Waals surface area contributed by atoms with Gasteiger partial charge in [0.25, 0.3) is 0 Å². The monoisotopic (exact) mass is 277 g/mol. The predicted molar refractivity (Wildman–Crippen MR) is 78.4 cm³/mol. The van der Waals surface area contributed by atoms with E-state index in [2.05, 4.69) is 29.8 Å². The van der Waals surface area contributed by atoms with Gasteiger partial charge in [-0.3, -0.25) is 0 Å².